The van der Waals surface area contributed by atoms with Crippen molar-refractivity contribution in [2.45, 2.75) is 72.5 Å². The van der Waals surface area contributed by atoms with Crippen molar-refractivity contribution in [2.24, 2.45) is 22.7 Å². The Hall–Kier alpha value is -2.66. The SMILES string of the molecule is COC(=O)C=C(C)CCC1C(C)=CCC2C(C)(C)C(OC(=O)C=Cc3ccccc3)C(O)CC12C. The third kappa shape index (κ3) is 5.95. The predicted molar refractivity (Wildman–Crippen MR) is 138 cm³/mol. The summed E-state index contributed by atoms with van der Waals surface area (Å²) in [5.41, 5.74) is 2.69. The molecule has 0 amide bonds. The summed E-state index contributed by atoms with van der Waals surface area (Å²) in [4.78, 5) is 24.3. The topological polar surface area (TPSA) is 72.8 Å². The van der Waals surface area contributed by atoms with Gasteiger partial charge in [-0.25, -0.2) is 9.59 Å². The highest BCUT2D eigenvalue weighted by molar-refractivity contribution is 5.87. The quantitative estimate of drug-likeness (QED) is 0.299. The van der Waals surface area contributed by atoms with Crippen LogP contribution in [0.25, 0.3) is 6.08 Å². The van der Waals surface area contributed by atoms with Gasteiger partial charge in [-0.3, -0.25) is 0 Å². The zero-order valence-electron chi connectivity index (χ0n) is 21.9. The number of carbonyl (C=O) groups is 2. The second-order valence-electron chi connectivity index (χ2n) is 11.0. The summed E-state index contributed by atoms with van der Waals surface area (Å²) >= 11 is 0. The lowest BCUT2D eigenvalue weighted by Gasteiger charge is -2.60. The molecule has 0 aromatic heterocycles. The molecule has 0 spiro atoms. The van der Waals surface area contributed by atoms with Crippen molar-refractivity contribution < 1.29 is 24.2 Å². The Bertz CT molecular complexity index is 1000. The number of aliphatic hydroxyl groups is 1. The molecule has 1 N–H and O–H groups in total. The van der Waals surface area contributed by atoms with Crippen LogP contribution in [0, 0.1) is 22.7 Å². The molecule has 5 nitrogen and oxygen atoms in total. The summed E-state index contributed by atoms with van der Waals surface area (Å²) in [6.45, 7) is 10.6. The Kier molecular flexibility index (Phi) is 8.42. The van der Waals surface area contributed by atoms with Gasteiger partial charge in [-0.15, -0.1) is 0 Å². The second kappa shape index (κ2) is 10.9. The minimum Gasteiger partial charge on any atom is -0.466 e. The minimum atomic E-state index is -0.750. The number of rotatable bonds is 7. The van der Waals surface area contributed by atoms with Crippen LogP contribution < -0.4 is 0 Å². The molecular formula is C30H40O5. The number of allylic oxidation sites excluding steroid dienone is 3. The van der Waals surface area contributed by atoms with Gasteiger partial charge in [0.1, 0.15) is 6.10 Å². The van der Waals surface area contributed by atoms with Crippen LogP contribution in [0.5, 0.6) is 0 Å². The third-order valence-electron chi connectivity index (χ3n) is 8.29. The van der Waals surface area contributed by atoms with Gasteiger partial charge >= 0.3 is 11.9 Å². The van der Waals surface area contributed by atoms with E-state index >= 15 is 0 Å². The van der Waals surface area contributed by atoms with Gasteiger partial charge < -0.3 is 14.6 Å². The van der Waals surface area contributed by atoms with E-state index in [0.717, 1.165) is 30.4 Å². The lowest BCUT2D eigenvalue weighted by Crippen LogP contribution is -2.60. The zero-order valence-corrected chi connectivity index (χ0v) is 21.9. The van der Waals surface area contributed by atoms with E-state index < -0.39 is 23.6 Å². The summed E-state index contributed by atoms with van der Waals surface area (Å²) in [6.07, 6.45) is 8.85. The molecule has 5 unspecified atom stereocenters. The number of fused-ring (bicyclic) bond motifs is 1. The van der Waals surface area contributed by atoms with E-state index in [2.05, 4.69) is 33.8 Å². The first-order chi connectivity index (χ1) is 16.5. The van der Waals surface area contributed by atoms with E-state index in [1.807, 2.05) is 37.3 Å². The molecule has 1 fully saturated rings. The van der Waals surface area contributed by atoms with Crippen molar-refractivity contribution in [1.29, 1.82) is 0 Å². The van der Waals surface area contributed by atoms with E-state index in [1.165, 1.54) is 18.8 Å². The largest absolute Gasteiger partial charge is 0.466 e. The molecular weight excluding hydrogens is 440 g/mol. The van der Waals surface area contributed by atoms with Crippen molar-refractivity contribution in [3.63, 3.8) is 0 Å². The summed E-state index contributed by atoms with van der Waals surface area (Å²) in [5.74, 6) is -0.251. The van der Waals surface area contributed by atoms with E-state index in [9.17, 15) is 14.7 Å². The highest BCUT2D eigenvalue weighted by Gasteiger charge is 2.59. The molecule has 190 valence electrons. The maximum Gasteiger partial charge on any atom is 0.331 e. The number of esters is 2. The molecule has 1 saturated carbocycles. The highest BCUT2D eigenvalue weighted by atomic mass is 16.6. The summed E-state index contributed by atoms with van der Waals surface area (Å²) in [6, 6.07) is 9.61. The fraction of sp³-hybridized carbons (Fsp3) is 0.533. The molecule has 1 aromatic rings. The molecule has 2 aliphatic rings. The van der Waals surface area contributed by atoms with Crippen LogP contribution in [-0.4, -0.2) is 36.4 Å². The molecule has 0 aliphatic heterocycles. The molecule has 35 heavy (non-hydrogen) atoms. The Morgan fingerprint density at radius 3 is 2.49 bits per heavy atom. The normalized spacial score (nSPS) is 30.4. The van der Waals surface area contributed by atoms with Crippen molar-refractivity contribution >= 4 is 18.0 Å². The zero-order chi connectivity index (χ0) is 25.8. The van der Waals surface area contributed by atoms with E-state index in [0.29, 0.717) is 6.42 Å². The van der Waals surface area contributed by atoms with Crippen LogP contribution in [-0.2, 0) is 19.1 Å². The number of benzene rings is 1. The Labute approximate surface area is 209 Å². The number of aliphatic hydroxyl groups excluding tert-OH is 1. The van der Waals surface area contributed by atoms with Gasteiger partial charge in [0, 0.05) is 17.6 Å². The number of hydrogen-bond acceptors (Lipinski definition) is 5. The van der Waals surface area contributed by atoms with Crippen LogP contribution in [0.15, 0.2) is 59.7 Å². The monoisotopic (exact) mass is 480 g/mol. The van der Waals surface area contributed by atoms with E-state index in [1.54, 1.807) is 12.2 Å². The maximum atomic E-state index is 12.7. The number of ether oxygens (including phenoxy) is 2. The van der Waals surface area contributed by atoms with E-state index in [4.69, 9.17) is 9.47 Å². The summed E-state index contributed by atoms with van der Waals surface area (Å²) in [7, 11) is 1.39. The molecule has 0 heterocycles. The molecule has 5 heteroatoms. The van der Waals surface area contributed by atoms with E-state index in [-0.39, 0.29) is 23.2 Å². The van der Waals surface area contributed by atoms with Crippen LogP contribution in [0.1, 0.15) is 65.9 Å². The van der Waals surface area contributed by atoms with Crippen molar-refractivity contribution in [2.75, 3.05) is 7.11 Å². The van der Waals surface area contributed by atoms with Gasteiger partial charge in [-0.2, -0.15) is 0 Å². The number of carbonyl (C=O) groups excluding carboxylic acids is 2. The molecule has 0 radical (unpaired) electrons. The first kappa shape index (κ1) is 26.9. The smallest absolute Gasteiger partial charge is 0.331 e. The van der Waals surface area contributed by atoms with Crippen LogP contribution in [0.2, 0.25) is 0 Å². The highest BCUT2D eigenvalue weighted by Crippen LogP contribution is 2.61. The molecule has 0 bridgehead atoms. The van der Waals surface area contributed by atoms with Gasteiger partial charge in [0.2, 0.25) is 0 Å². The van der Waals surface area contributed by atoms with Crippen LogP contribution in [0.3, 0.4) is 0 Å². The van der Waals surface area contributed by atoms with Gasteiger partial charge in [0.15, 0.2) is 0 Å². The van der Waals surface area contributed by atoms with Gasteiger partial charge in [0.05, 0.1) is 13.2 Å². The molecule has 1 aromatic carbocycles. The molecule has 5 atom stereocenters. The first-order valence-corrected chi connectivity index (χ1v) is 12.5. The fourth-order valence-electron chi connectivity index (χ4n) is 6.55. The van der Waals surface area contributed by atoms with Gasteiger partial charge in [-0.1, -0.05) is 68.3 Å². The molecule has 0 saturated heterocycles. The predicted octanol–water partition coefficient (Wildman–Crippen LogP) is 5.89. The Morgan fingerprint density at radius 2 is 1.83 bits per heavy atom. The van der Waals surface area contributed by atoms with Gasteiger partial charge in [-0.05, 0) is 68.4 Å². The van der Waals surface area contributed by atoms with Crippen molar-refractivity contribution in [3.8, 4) is 0 Å². The summed E-state index contributed by atoms with van der Waals surface area (Å²) < 4.78 is 10.7. The lowest BCUT2D eigenvalue weighted by molar-refractivity contribution is -0.198. The first-order valence-electron chi connectivity index (χ1n) is 12.5. The number of hydrogen-bond donors (Lipinski definition) is 1. The summed E-state index contributed by atoms with van der Waals surface area (Å²) in [5, 5.41) is 11.3. The second-order valence-corrected chi connectivity index (χ2v) is 11.0. The van der Waals surface area contributed by atoms with Crippen LogP contribution in [0.4, 0.5) is 0 Å². The number of methoxy groups -OCH3 is 1. The minimum absolute atomic E-state index is 0.143. The third-order valence-corrected chi connectivity index (χ3v) is 8.29. The van der Waals surface area contributed by atoms with Gasteiger partial charge in [0.25, 0.3) is 0 Å². The molecule has 2 aliphatic carbocycles. The van der Waals surface area contributed by atoms with Crippen LogP contribution >= 0.6 is 0 Å². The standard InChI is InChI=1S/C30H40O5/c1-20(18-27(33)34-6)12-15-23-21(2)13-16-25-29(3,4)28(24(31)19-30(23,25)5)35-26(32)17-14-22-10-8-7-9-11-22/h7-11,13-14,17-18,23-25,28,31H,12,15-16,19H2,1-6H3. The maximum absolute atomic E-state index is 12.7. The molecule has 3 rings (SSSR count). The Morgan fingerprint density at radius 1 is 1.14 bits per heavy atom. The van der Waals surface area contributed by atoms with Crippen molar-refractivity contribution in [1.82, 2.24) is 0 Å². The Balaban J connectivity index is 1.77. The fourth-order valence-corrected chi connectivity index (χ4v) is 6.55. The average Bonchev–Trinajstić information content (AvgIpc) is 2.80. The van der Waals surface area contributed by atoms with Crippen molar-refractivity contribution in [3.05, 3.63) is 65.3 Å². The average molecular weight is 481 g/mol. The lowest BCUT2D eigenvalue weighted by atomic mass is 9.46.